The number of azo groups is 1. The summed E-state index contributed by atoms with van der Waals surface area (Å²) in [5.41, 5.74) is 0.983. The third-order valence-electron chi connectivity index (χ3n) is 3.94. The fourth-order valence-electron chi connectivity index (χ4n) is 2.45. The van der Waals surface area contributed by atoms with Crippen molar-refractivity contribution in [2.45, 2.75) is 10.9 Å². The number of hydrogen-bond acceptors (Lipinski definition) is 6. The molecule has 2 aromatic carbocycles. The minimum absolute atomic E-state index is 0.0726. The molecular weight excluding hydrogens is 378 g/mol. The standard InChI is InChI=1S/C19H17N5O3S/c1-4-17-18(19(25)24(22-17)15-10-6-5-7-11-15)21-20-14-9-8-12-16(13-14)28(26,27)23(2)3/h1,5-13,18H,2-3H3. The zero-order valence-corrected chi connectivity index (χ0v) is 16.0. The average Bonchev–Trinajstić information content (AvgIpc) is 3.02. The summed E-state index contributed by atoms with van der Waals surface area (Å²) in [5, 5.41) is 13.4. The van der Waals surface area contributed by atoms with E-state index in [1.807, 2.05) is 6.07 Å². The molecule has 0 fully saturated rings. The molecule has 2 aromatic rings. The van der Waals surface area contributed by atoms with Crippen LogP contribution in [0.3, 0.4) is 0 Å². The molecule has 0 N–H and O–H groups in total. The maximum absolute atomic E-state index is 12.7. The number of hydrazone groups is 1. The third-order valence-corrected chi connectivity index (χ3v) is 5.75. The lowest BCUT2D eigenvalue weighted by Crippen LogP contribution is -2.30. The zero-order chi connectivity index (χ0) is 20.3. The average molecular weight is 395 g/mol. The first-order valence-corrected chi connectivity index (χ1v) is 9.66. The number of sulfonamides is 1. The first kappa shape index (κ1) is 19.4. The molecule has 0 radical (unpaired) electrons. The molecule has 1 heterocycles. The number of rotatable bonds is 5. The predicted molar refractivity (Wildman–Crippen MR) is 106 cm³/mol. The number of terminal acetylenes is 1. The van der Waals surface area contributed by atoms with Crippen molar-refractivity contribution in [2.75, 3.05) is 19.1 Å². The number of nitrogens with zero attached hydrogens (tertiary/aromatic N) is 5. The van der Waals surface area contributed by atoms with Crippen molar-refractivity contribution in [1.82, 2.24) is 4.31 Å². The van der Waals surface area contributed by atoms with Gasteiger partial charge in [-0.15, -0.1) is 6.42 Å². The van der Waals surface area contributed by atoms with Crippen molar-refractivity contribution in [3.05, 3.63) is 54.6 Å². The molecule has 0 saturated carbocycles. The van der Waals surface area contributed by atoms with E-state index >= 15 is 0 Å². The number of amides is 1. The smallest absolute Gasteiger partial charge is 0.269 e. The van der Waals surface area contributed by atoms with E-state index in [4.69, 9.17) is 6.42 Å². The van der Waals surface area contributed by atoms with Gasteiger partial charge in [-0.05, 0) is 36.3 Å². The molecule has 0 saturated heterocycles. The quantitative estimate of drug-likeness (QED) is 0.575. The molecule has 0 bridgehead atoms. The largest absolute Gasteiger partial charge is 0.281 e. The van der Waals surface area contributed by atoms with Crippen LogP contribution in [0.2, 0.25) is 0 Å². The summed E-state index contributed by atoms with van der Waals surface area (Å²) in [5.74, 6) is 1.93. The predicted octanol–water partition coefficient (Wildman–Crippen LogP) is 2.43. The van der Waals surface area contributed by atoms with Gasteiger partial charge in [0.25, 0.3) is 5.91 Å². The summed E-state index contributed by atoms with van der Waals surface area (Å²) in [6.45, 7) is 0. The Labute approximate surface area is 163 Å². The molecule has 142 valence electrons. The van der Waals surface area contributed by atoms with Gasteiger partial charge in [0.2, 0.25) is 16.1 Å². The summed E-state index contributed by atoms with van der Waals surface area (Å²) in [6, 6.07) is 13.7. The highest BCUT2D eigenvalue weighted by atomic mass is 32.2. The first-order valence-electron chi connectivity index (χ1n) is 8.22. The van der Waals surface area contributed by atoms with Crippen LogP contribution in [0, 0.1) is 12.3 Å². The van der Waals surface area contributed by atoms with Gasteiger partial charge in [0, 0.05) is 14.1 Å². The number of hydrogen-bond donors (Lipinski definition) is 0. The minimum Gasteiger partial charge on any atom is -0.269 e. The van der Waals surface area contributed by atoms with Gasteiger partial charge in [0.15, 0.2) is 0 Å². The Morgan fingerprint density at radius 3 is 2.50 bits per heavy atom. The van der Waals surface area contributed by atoms with Crippen molar-refractivity contribution >= 4 is 33.0 Å². The zero-order valence-electron chi connectivity index (χ0n) is 15.2. The van der Waals surface area contributed by atoms with E-state index in [-0.39, 0.29) is 16.3 Å². The van der Waals surface area contributed by atoms with E-state index < -0.39 is 22.0 Å². The van der Waals surface area contributed by atoms with Crippen LogP contribution in [-0.2, 0) is 14.8 Å². The van der Waals surface area contributed by atoms with Crippen LogP contribution in [0.4, 0.5) is 11.4 Å². The molecule has 0 spiro atoms. The van der Waals surface area contributed by atoms with Crippen molar-refractivity contribution in [2.24, 2.45) is 15.3 Å². The normalized spacial score (nSPS) is 17.2. The fraction of sp³-hybridized carbons (Fsp3) is 0.158. The van der Waals surface area contributed by atoms with Gasteiger partial charge in [-0.3, -0.25) is 4.79 Å². The molecule has 3 rings (SSSR count). The van der Waals surface area contributed by atoms with E-state index in [1.165, 1.54) is 31.2 Å². The molecule has 0 aliphatic carbocycles. The van der Waals surface area contributed by atoms with Gasteiger partial charge in [-0.25, -0.2) is 12.7 Å². The number of carbonyl (C=O) groups excluding carboxylic acids is 1. The van der Waals surface area contributed by atoms with Crippen LogP contribution >= 0.6 is 0 Å². The van der Waals surface area contributed by atoms with E-state index in [0.717, 1.165) is 4.31 Å². The first-order chi connectivity index (χ1) is 13.3. The second-order valence-corrected chi connectivity index (χ2v) is 8.17. The Kier molecular flexibility index (Phi) is 5.35. The lowest BCUT2D eigenvalue weighted by atomic mass is 10.2. The van der Waals surface area contributed by atoms with Crippen LogP contribution in [0.15, 0.2) is 74.8 Å². The Morgan fingerprint density at radius 2 is 1.86 bits per heavy atom. The van der Waals surface area contributed by atoms with Gasteiger partial charge in [0.1, 0.15) is 5.71 Å². The Hall–Kier alpha value is -3.35. The number of anilines is 1. The van der Waals surface area contributed by atoms with Crippen molar-refractivity contribution in [1.29, 1.82) is 0 Å². The van der Waals surface area contributed by atoms with Crippen LogP contribution in [0.5, 0.6) is 0 Å². The lowest BCUT2D eigenvalue weighted by Gasteiger charge is -2.12. The maximum Gasteiger partial charge on any atom is 0.281 e. The highest BCUT2D eigenvalue weighted by molar-refractivity contribution is 7.89. The summed E-state index contributed by atoms with van der Waals surface area (Å²) in [6.07, 6.45) is 5.46. The molecule has 28 heavy (non-hydrogen) atoms. The highest BCUT2D eigenvalue weighted by Crippen LogP contribution is 2.24. The van der Waals surface area contributed by atoms with Gasteiger partial charge in [0.05, 0.1) is 16.3 Å². The second-order valence-electron chi connectivity index (χ2n) is 6.02. The fourth-order valence-corrected chi connectivity index (χ4v) is 3.39. The minimum atomic E-state index is -3.61. The summed E-state index contributed by atoms with van der Waals surface area (Å²) < 4.78 is 25.6. The molecule has 9 heteroatoms. The molecule has 8 nitrogen and oxygen atoms in total. The maximum atomic E-state index is 12.7. The van der Waals surface area contributed by atoms with Gasteiger partial charge in [-0.1, -0.05) is 24.3 Å². The number of benzene rings is 2. The van der Waals surface area contributed by atoms with Crippen molar-refractivity contribution in [3.63, 3.8) is 0 Å². The van der Waals surface area contributed by atoms with Crippen molar-refractivity contribution < 1.29 is 13.2 Å². The number of para-hydroxylation sites is 1. The Balaban J connectivity index is 1.88. The van der Waals surface area contributed by atoms with Crippen LogP contribution < -0.4 is 5.01 Å². The van der Waals surface area contributed by atoms with E-state index in [2.05, 4.69) is 21.3 Å². The molecular formula is C19H17N5O3S. The summed E-state index contributed by atoms with van der Waals surface area (Å²) in [4.78, 5) is 12.7. The van der Waals surface area contributed by atoms with E-state index in [9.17, 15) is 13.2 Å². The molecule has 1 aliphatic rings. The van der Waals surface area contributed by atoms with Crippen LogP contribution in [-0.4, -0.2) is 44.5 Å². The van der Waals surface area contributed by atoms with E-state index in [0.29, 0.717) is 5.69 Å². The second kappa shape index (κ2) is 7.72. The molecule has 1 unspecified atom stereocenters. The van der Waals surface area contributed by atoms with Crippen LogP contribution in [0.1, 0.15) is 0 Å². The highest BCUT2D eigenvalue weighted by Gasteiger charge is 2.36. The lowest BCUT2D eigenvalue weighted by molar-refractivity contribution is -0.117. The molecule has 1 aliphatic heterocycles. The monoisotopic (exact) mass is 395 g/mol. The summed E-state index contributed by atoms with van der Waals surface area (Å²) in [7, 11) is -0.729. The third kappa shape index (κ3) is 3.69. The van der Waals surface area contributed by atoms with Gasteiger partial charge >= 0.3 is 0 Å². The van der Waals surface area contributed by atoms with Gasteiger partial charge < -0.3 is 0 Å². The Bertz CT molecular complexity index is 1100. The molecule has 0 aromatic heterocycles. The summed E-state index contributed by atoms with van der Waals surface area (Å²) >= 11 is 0. The van der Waals surface area contributed by atoms with Crippen molar-refractivity contribution in [3.8, 4) is 12.3 Å². The molecule has 1 atom stereocenters. The SMILES string of the molecule is C#CC1=NN(c2ccccc2)C(=O)C1N=Nc1cccc(S(=O)(=O)N(C)C)c1. The Morgan fingerprint density at radius 1 is 1.14 bits per heavy atom. The molecule has 1 amide bonds. The van der Waals surface area contributed by atoms with E-state index in [1.54, 1.807) is 36.4 Å². The topological polar surface area (TPSA) is 94.8 Å². The van der Waals surface area contributed by atoms with Crippen LogP contribution in [0.25, 0.3) is 0 Å². The van der Waals surface area contributed by atoms with Gasteiger partial charge in [-0.2, -0.15) is 20.3 Å². The number of carbonyl (C=O) groups is 1.